The van der Waals surface area contributed by atoms with Crippen molar-refractivity contribution in [2.75, 3.05) is 13.2 Å². The second-order valence-corrected chi connectivity index (χ2v) is 4.88. The molecule has 4 heteroatoms. The fourth-order valence-corrected chi connectivity index (χ4v) is 2.05. The molecule has 0 fully saturated rings. The van der Waals surface area contributed by atoms with Gasteiger partial charge in [0.1, 0.15) is 0 Å². The van der Waals surface area contributed by atoms with Gasteiger partial charge in [0, 0.05) is 0 Å². The van der Waals surface area contributed by atoms with Crippen LogP contribution in [0.15, 0.2) is 18.2 Å². The van der Waals surface area contributed by atoms with E-state index in [1.165, 1.54) is 6.07 Å². The lowest BCUT2D eigenvalue weighted by atomic mass is 9.88. The first kappa shape index (κ1) is 17.0. The maximum Gasteiger partial charge on any atom is 0.314 e. The molecule has 0 aliphatic heterocycles. The third-order valence-corrected chi connectivity index (χ3v) is 3.00. The Balaban J connectivity index is 2.97. The molecule has 0 aliphatic rings. The van der Waals surface area contributed by atoms with Crippen molar-refractivity contribution < 1.29 is 18.7 Å². The monoisotopic (exact) mass is 292 g/mol. The Morgan fingerprint density at radius 1 is 1.38 bits per heavy atom. The molecule has 0 saturated carbocycles. The van der Waals surface area contributed by atoms with E-state index in [4.69, 9.17) is 9.47 Å². The van der Waals surface area contributed by atoms with Gasteiger partial charge < -0.3 is 9.47 Å². The number of rotatable bonds is 6. The van der Waals surface area contributed by atoms with Gasteiger partial charge >= 0.3 is 5.97 Å². The molecule has 0 amide bonds. The lowest BCUT2D eigenvalue weighted by Gasteiger charge is -2.20. The van der Waals surface area contributed by atoms with Crippen molar-refractivity contribution in [3.63, 3.8) is 0 Å². The normalized spacial score (nSPS) is 11.5. The first-order chi connectivity index (χ1) is 10.0. The predicted octanol–water partition coefficient (Wildman–Crippen LogP) is 3.53. The van der Waals surface area contributed by atoms with E-state index in [0.29, 0.717) is 12.2 Å². The van der Waals surface area contributed by atoms with E-state index in [1.54, 1.807) is 26.0 Å². The predicted molar refractivity (Wildman–Crippen MR) is 79.6 cm³/mol. The van der Waals surface area contributed by atoms with Gasteiger partial charge in [0.2, 0.25) is 0 Å². The van der Waals surface area contributed by atoms with Crippen molar-refractivity contribution in [1.82, 2.24) is 0 Å². The van der Waals surface area contributed by atoms with Crippen molar-refractivity contribution in [3.05, 3.63) is 29.6 Å². The van der Waals surface area contributed by atoms with Crippen LogP contribution < -0.4 is 4.74 Å². The molecule has 1 rings (SSSR count). The second kappa shape index (κ2) is 8.31. The van der Waals surface area contributed by atoms with E-state index in [-0.39, 0.29) is 18.3 Å². The molecule has 1 atom stereocenters. The van der Waals surface area contributed by atoms with Crippen LogP contribution in [0.25, 0.3) is 0 Å². The molecule has 21 heavy (non-hydrogen) atoms. The van der Waals surface area contributed by atoms with Crippen LogP contribution in [0, 0.1) is 23.6 Å². The molecular formula is C17H21FO3. The minimum Gasteiger partial charge on any atom is -0.491 e. The Morgan fingerprint density at radius 2 is 2.10 bits per heavy atom. The van der Waals surface area contributed by atoms with Crippen LogP contribution in [0.3, 0.4) is 0 Å². The van der Waals surface area contributed by atoms with Crippen LogP contribution in [0.2, 0.25) is 0 Å². The van der Waals surface area contributed by atoms with Crippen LogP contribution in [-0.4, -0.2) is 19.2 Å². The minimum absolute atomic E-state index is 0.00979. The van der Waals surface area contributed by atoms with Gasteiger partial charge in [-0.25, -0.2) is 4.39 Å². The molecule has 0 aliphatic carbocycles. The minimum atomic E-state index is -0.520. The van der Waals surface area contributed by atoms with Crippen molar-refractivity contribution in [2.45, 2.75) is 33.6 Å². The summed E-state index contributed by atoms with van der Waals surface area (Å²) in [7, 11) is 0. The average Bonchev–Trinajstić information content (AvgIpc) is 2.42. The van der Waals surface area contributed by atoms with Crippen LogP contribution >= 0.6 is 0 Å². The fourth-order valence-electron chi connectivity index (χ4n) is 2.05. The number of halogens is 1. The van der Waals surface area contributed by atoms with Crippen molar-refractivity contribution in [3.8, 4) is 17.6 Å². The van der Waals surface area contributed by atoms with Gasteiger partial charge in [-0.1, -0.05) is 25.8 Å². The Morgan fingerprint density at radius 3 is 2.62 bits per heavy atom. The molecule has 0 N–H and O–H groups in total. The number of hydrogen-bond donors (Lipinski definition) is 0. The lowest BCUT2D eigenvalue weighted by molar-refractivity contribution is -0.145. The van der Waals surface area contributed by atoms with Crippen molar-refractivity contribution in [1.29, 1.82) is 0 Å². The first-order valence-electron chi connectivity index (χ1n) is 6.99. The Bertz CT molecular complexity index is 541. The maximum absolute atomic E-state index is 13.9. The van der Waals surface area contributed by atoms with Gasteiger partial charge in [0.05, 0.1) is 12.5 Å². The standard InChI is InChI=1S/C17H21FO3/c1-5-7-10-21-17(19)16(12(3)4)13-8-9-15(20-6-2)14(18)11-13/h8-9,11-12,16H,6,10H2,1-4H3. The van der Waals surface area contributed by atoms with Crippen LogP contribution in [0.1, 0.15) is 39.2 Å². The Labute approximate surface area is 125 Å². The first-order valence-corrected chi connectivity index (χ1v) is 6.99. The van der Waals surface area contributed by atoms with E-state index in [2.05, 4.69) is 11.8 Å². The molecule has 0 radical (unpaired) electrons. The summed E-state index contributed by atoms with van der Waals surface area (Å²) in [5.74, 6) is 4.13. The molecule has 0 saturated heterocycles. The van der Waals surface area contributed by atoms with Crippen molar-refractivity contribution >= 4 is 5.97 Å². The summed E-state index contributed by atoms with van der Waals surface area (Å²) in [6.07, 6.45) is 0. The average molecular weight is 292 g/mol. The number of ether oxygens (including phenoxy) is 2. The van der Waals surface area contributed by atoms with E-state index in [1.807, 2.05) is 13.8 Å². The second-order valence-electron chi connectivity index (χ2n) is 4.88. The zero-order valence-electron chi connectivity index (χ0n) is 12.9. The van der Waals surface area contributed by atoms with Gasteiger partial charge in [0.25, 0.3) is 0 Å². The number of carbonyl (C=O) groups excluding carboxylic acids is 1. The summed E-state index contributed by atoms with van der Waals surface area (Å²) in [6, 6.07) is 4.58. The highest BCUT2D eigenvalue weighted by Gasteiger charge is 2.26. The van der Waals surface area contributed by atoms with E-state index in [9.17, 15) is 9.18 Å². The van der Waals surface area contributed by atoms with Crippen LogP contribution in [0.5, 0.6) is 5.75 Å². The zero-order chi connectivity index (χ0) is 15.8. The SMILES string of the molecule is CC#CCOC(=O)C(c1ccc(OCC)c(F)c1)C(C)C. The molecule has 114 valence electrons. The molecule has 3 nitrogen and oxygen atoms in total. The number of benzene rings is 1. The maximum atomic E-state index is 13.9. The topological polar surface area (TPSA) is 35.5 Å². The van der Waals surface area contributed by atoms with E-state index in [0.717, 1.165) is 0 Å². The third-order valence-electron chi connectivity index (χ3n) is 3.00. The number of hydrogen-bond acceptors (Lipinski definition) is 3. The summed E-state index contributed by atoms with van der Waals surface area (Å²) in [4.78, 5) is 12.1. The van der Waals surface area contributed by atoms with Gasteiger partial charge in [-0.15, -0.1) is 5.92 Å². The lowest BCUT2D eigenvalue weighted by Crippen LogP contribution is -2.21. The molecule has 0 heterocycles. The van der Waals surface area contributed by atoms with Crippen LogP contribution in [0.4, 0.5) is 4.39 Å². The molecular weight excluding hydrogens is 271 g/mol. The number of carbonyl (C=O) groups is 1. The largest absolute Gasteiger partial charge is 0.491 e. The zero-order valence-corrected chi connectivity index (χ0v) is 12.9. The number of esters is 1. The molecule has 1 aromatic rings. The molecule has 1 unspecified atom stereocenters. The third kappa shape index (κ3) is 4.78. The molecule has 0 spiro atoms. The molecule has 1 aromatic carbocycles. The van der Waals surface area contributed by atoms with Crippen LogP contribution in [-0.2, 0) is 9.53 Å². The summed E-state index contributed by atoms with van der Waals surface area (Å²) >= 11 is 0. The van der Waals surface area contributed by atoms with Crippen molar-refractivity contribution in [2.24, 2.45) is 5.92 Å². The summed E-state index contributed by atoms with van der Waals surface area (Å²) in [5.41, 5.74) is 0.584. The summed E-state index contributed by atoms with van der Waals surface area (Å²) < 4.78 is 24.2. The molecule has 0 bridgehead atoms. The fraction of sp³-hybridized carbons (Fsp3) is 0.471. The summed E-state index contributed by atoms with van der Waals surface area (Å²) in [6.45, 7) is 7.70. The molecule has 0 aromatic heterocycles. The highest BCUT2D eigenvalue weighted by Crippen LogP contribution is 2.29. The van der Waals surface area contributed by atoms with Gasteiger partial charge in [-0.2, -0.15) is 0 Å². The van der Waals surface area contributed by atoms with E-state index >= 15 is 0 Å². The smallest absolute Gasteiger partial charge is 0.314 e. The van der Waals surface area contributed by atoms with Gasteiger partial charge in [0.15, 0.2) is 18.2 Å². The Hall–Kier alpha value is -2.02. The Kier molecular flexibility index (Phi) is 6.74. The summed E-state index contributed by atoms with van der Waals surface area (Å²) in [5, 5.41) is 0. The van der Waals surface area contributed by atoms with Gasteiger partial charge in [-0.3, -0.25) is 4.79 Å². The van der Waals surface area contributed by atoms with Gasteiger partial charge in [-0.05, 0) is 37.5 Å². The highest BCUT2D eigenvalue weighted by molar-refractivity contribution is 5.78. The quantitative estimate of drug-likeness (QED) is 0.594. The van der Waals surface area contributed by atoms with E-state index < -0.39 is 17.7 Å². The highest BCUT2D eigenvalue weighted by atomic mass is 19.1.